The molecule has 1 aliphatic rings. The van der Waals surface area contributed by atoms with Crippen LogP contribution in [0.5, 0.6) is 0 Å². The van der Waals surface area contributed by atoms with Crippen molar-refractivity contribution < 1.29 is 4.79 Å². The van der Waals surface area contributed by atoms with Gasteiger partial charge in [0, 0.05) is 37.1 Å². The third-order valence-corrected chi connectivity index (χ3v) is 3.81. The minimum Gasteiger partial charge on any atom is -0.373 e. The average Bonchev–Trinajstić information content (AvgIpc) is 3.22. The van der Waals surface area contributed by atoms with E-state index in [4.69, 9.17) is 0 Å². The van der Waals surface area contributed by atoms with Crippen LogP contribution in [0.4, 0.5) is 5.82 Å². The lowest BCUT2D eigenvalue weighted by Gasteiger charge is -2.12. The average molecular weight is 297 g/mol. The first kappa shape index (κ1) is 14.3. The lowest BCUT2D eigenvalue weighted by Crippen LogP contribution is -2.25. The summed E-state index contributed by atoms with van der Waals surface area (Å²) in [6.07, 6.45) is 7.46. The number of hydrogen-bond donors (Lipinski definition) is 3. The van der Waals surface area contributed by atoms with Gasteiger partial charge in [0.15, 0.2) is 0 Å². The van der Waals surface area contributed by atoms with Crippen LogP contribution in [0.3, 0.4) is 0 Å². The van der Waals surface area contributed by atoms with Crippen LogP contribution >= 0.6 is 0 Å². The number of pyridine rings is 1. The fourth-order valence-corrected chi connectivity index (χ4v) is 2.25. The summed E-state index contributed by atoms with van der Waals surface area (Å²) in [5.74, 6) is 1.24. The van der Waals surface area contributed by atoms with E-state index in [2.05, 4.69) is 32.4 Å². The molecule has 6 nitrogen and oxygen atoms in total. The highest BCUT2D eigenvalue weighted by molar-refractivity contribution is 5.96. The van der Waals surface area contributed by atoms with E-state index in [9.17, 15) is 4.79 Å². The maximum absolute atomic E-state index is 12.2. The third-order valence-electron chi connectivity index (χ3n) is 3.81. The van der Waals surface area contributed by atoms with E-state index < -0.39 is 0 Å². The van der Waals surface area contributed by atoms with E-state index >= 15 is 0 Å². The first-order chi connectivity index (χ1) is 10.7. The second-order valence-electron chi connectivity index (χ2n) is 5.49. The van der Waals surface area contributed by atoms with E-state index in [1.807, 2.05) is 6.07 Å². The molecule has 114 valence electrons. The van der Waals surface area contributed by atoms with Crippen molar-refractivity contribution in [1.82, 2.24) is 20.5 Å². The molecule has 0 bridgehead atoms. The standard InChI is InChI=1S/C16H19N5O/c1-10(13-8-20-21-9-13)14-5-12(7-18-15(14)17-2)16(22)19-6-11-3-4-11/h5,7-9,11H,1,3-4,6H2,2H3,(H,17,18)(H,19,22)(H,20,21). The van der Waals surface area contributed by atoms with Gasteiger partial charge in [-0.2, -0.15) is 5.10 Å². The highest BCUT2D eigenvalue weighted by atomic mass is 16.1. The van der Waals surface area contributed by atoms with Crippen molar-refractivity contribution in [2.45, 2.75) is 12.8 Å². The number of aromatic amines is 1. The molecule has 22 heavy (non-hydrogen) atoms. The number of carbonyl (C=O) groups excluding carboxylic acids is 1. The Kier molecular flexibility index (Phi) is 3.91. The van der Waals surface area contributed by atoms with Crippen molar-refractivity contribution in [2.75, 3.05) is 18.9 Å². The van der Waals surface area contributed by atoms with Crippen molar-refractivity contribution in [1.29, 1.82) is 0 Å². The van der Waals surface area contributed by atoms with E-state index in [0.29, 0.717) is 17.3 Å². The maximum atomic E-state index is 12.2. The third kappa shape index (κ3) is 3.00. The molecule has 1 amide bonds. The number of H-pyrrole nitrogens is 1. The quantitative estimate of drug-likeness (QED) is 0.762. The number of amides is 1. The van der Waals surface area contributed by atoms with Gasteiger partial charge in [-0.1, -0.05) is 6.58 Å². The molecule has 3 N–H and O–H groups in total. The fraction of sp³-hybridized carbons (Fsp3) is 0.312. The summed E-state index contributed by atoms with van der Waals surface area (Å²) in [5, 5.41) is 12.7. The first-order valence-electron chi connectivity index (χ1n) is 7.33. The number of anilines is 1. The molecule has 0 aliphatic heterocycles. The number of rotatable bonds is 6. The molecule has 0 spiro atoms. The van der Waals surface area contributed by atoms with Gasteiger partial charge in [-0.05, 0) is 30.4 Å². The summed E-state index contributed by atoms with van der Waals surface area (Å²) in [6.45, 7) is 4.83. The molecular formula is C16H19N5O. The van der Waals surface area contributed by atoms with Crippen LogP contribution in [0, 0.1) is 5.92 Å². The molecule has 1 fully saturated rings. The zero-order valence-corrected chi connectivity index (χ0v) is 12.5. The Balaban J connectivity index is 1.85. The molecule has 1 saturated carbocycles. The highest BCUT2D eigenvalue weighted by Gasteiger charge is 2.22. The van der Waals surface area contributed by atoms with E-state index in [0.717, 1.165) is 23.2 Å². The van der Waals surface area contributed by atoms with Gasteiger partial charge in [-0.15, -0.1) is 0 Å². The van der Waals surface area contributed by atoms with Crippen molar-refractivity contribution in [3.8, 4) is 0 Å². The highest BCUT2D eigenvalue weighted by Crippen LogP contribution is 2.28. The molecule has 6 heteroatoms. The number of nitrogens with one attached hydrogen (secondary N) is 3. The second-order valence-corrected chi connectivity index (χ2v) is 5.49. The van der Waals surface area contributed by atoms with Crippen LogP contribution in [0.1, 0.15) is 34.3 Å². The number of nitrogens with zero attached hydrogens (tertiary/aromatic N) is 2. The summed E-state index contributed by atoms with van der Waals surface area (Å²) in [4.78, 5) is 16.5. The Bertz CT molecular complexity index is 689. The molecule has 1 aliphatic carbocycles. The van der Waals surface area contributed by atoms with Crippen LogP contribution in [0.2, 0.25) is 0 Å². The van der Waals surface area contributed by atoms with Crippen LogP contribution in [-0.2, 0) is 0 Å². The fourth-order valence-electron chi connectivity index (χ4n) is 2.25. The molecule has 0 atom stereocenters. The van der Waals surface area contributed by atoms with Crippen LogP contribution in [0.15, 0.2) is 31.2 Å². The molecule has 0 saturated heterocycles. The van der Waals surface area contributed by atoms with Gasteiger partial charge in [0.25, 0.3) is 5.91 Å². The summed E-state index contributed by atoms with van der Waals surface area (Å²) in [7, 11) is 1.79. The molecule has 2 aromatic rings. The zero-order chi connectivity index (χ0) is 15.5. The van der Waals surface area contributed by atoms with Gasteiger partial charge in [-0.25, -0.2) is 4.98 Å². The first-order valence-corrected chi connectivity index (χ1v) is 7.33. The largest absolute Gasteiger partial charge is 0.373 e. The van der Waals surface area contributed by atoms with Crippen LogP contribution in [-0.4, -0.2) is 34.7 Å². The Labute approximate surface area is 129 Å². The predicted molar refractivity (Wildman–Crippen MR) is 85.6 cm³/mol. The number of hydrogen-bond acceptors (Lipinski definition) is 4. The summed E-state index contributed by atoms with van der Waals surface area (Å²) < 4.78 is 0. The van der Waals surface area contributed by atoms with Crippen molar-refractivity contribution in [2.24, 2.45) is 5.92 Å². The van der Waals surface area contributed by atoms with Gasteiger partial charge >= 0.3 is 0 Å². The minimum atomic E-state index is -0.0942. The Morgan fingerprint density at radius 3 is 2.86 bits per heavy atom. The smallest absolute Gasteiger partial charge is 0.252 e. The van der Waals surface area contributed by atoms with Crippen molar-refractivity contribution >= 4 is 17.3 Å². The number of carbonyl (C=O) groups is 1. The Morgan fingerprint density at radius 2 is 2.23 bits per heavy atom. The Hall–Kier alpha value is -2.63. The van der Waals surface area contributed by atoms with Gasteiger partial charge < -0.3 is 10.6 Å². The molecule has 2 heterocycles. The minimum absolute atomic E-state index is 0.0942. The number of aromatic nitrogens is 3. The van der Waals surface area contributed by atoms with E-state index in [1.165, 1.54) is 12.8 Å². The summed E-state index contributed by atoms with van der Waals surface area (Å²) in [5.41, 5.74) is 2.97. The van der Waals surface area contributed by atoms with Gasteiger partial charge in [0.05, 0.1) is 11.8 Å². The van der Waals surface area contributed by atoms with Crippen molar-refractivity contribution in [3.63, 3.8) is 0 Å². The SMILES string of the molecule is C=C(c1cn[nH]c1)c1cc(C(=O)NCC2CC2)cnc1NC. The Morgan fingerprint density at radius 1 is 1.41 bits per heavy atom. The van der Waals surface area contributed by atoms with Gasteiger partial charge in [0.1, 0.15) is 5.82 Å². The normalized spacial score (nSPS) is 13.7. The zero-order valence-electron chi connectivity index (χ0n) is 12.5. The summed E-state index contributed by atoms with van der Waals surface area (Å²) in [6, 6.07) is 1.82. The summed E-state index contributed by atoms with van der Waals surface area (Å²) >= 11 is 0. The lowest BCUT2D eigenvalue weighted by atomic mass is 10.0. The molecule has 3 rings (SSSR count). The predicted octanol–water partition coefficient (Wildman–Crippen LogP) is 2.05. The molecule has 0 unspecified atom stereocenters. The topological polar surface area (TPSA) is 82.7 Å². The van der Waals surface area contributed by atoms with Gasteiger partial charge in [0.2, 0.25) is 0 Å². The molecular weight excluding hydrogens is 278 g/mol. The molecule has 0 radical (unpaired) electrons. The van der Waals surface area contributed by atoms with E-state index in [1.54, 1.807) is 25.6 Å². The van der Waals surface area contributed by atoms with Crippen LogP contribution in [0.25, 0.3) is 5.57 Å². The van der Waals surface area contributed by atoms with Gasteiger partial charge in [-0.3, -0.25) is 9.89 Å². The van der Waals surface area contributed by atoms with Crippen LogP contribution < -0.4 is 10.6 Å². The van der Waals surface area contributed by atoms with Crippen molar-refractivity contribution in [3.05, 3.63) is 47.9 Å². The molecule has 0 aromatic carbocycles. The lowest BCUT2D eigenvalue weighted by molar-refractivity contribution is 0.0951. The maximum Gasteiger partial charge on any atom is 0.252 e. The monoisotopic (exact) mass is 297 g/mol. The second kappa shape index (κ2) is 6.01. The molecule has 2 aromatic heterocycles. The van der Waals surface area contributed by atoms with E-state index in [-0.39, 0.29) is 5.91 Å².